The predicted molar refractivity (Wildman–Crippen MR) is 148 cm³/mol. The van der Waals surface area contributed by atoms with Crippen LogP contribution < -0.4 is 10.1 Å². The van der Waals surface area contributed by atoms with E-state index in [0.717, 1.165) is 42.6 Å². The minimum Gasteiger partial charge on any atom is -0.489 e. The van der Waals surface area contributed by atoms with E-state index < -0.39 is 6.04 Å². The number of allylic oxidation sites excluding steroid dienone is 1. The van der Waals surface area contributed by atoms with Crippen LogP contribution in [0.4, 0.5) is 5.95 Å². The summed E-state index contributed by atoms with van der Waals surface area (Å²) in [7, 11) is 0. The van der Waals surface area contributed by atoms with Crippen molar-refractivity contribution < 1.29 is 14.3 Å². The van der Waals surface area contributed by atoms with Crippen molar-refractivity contribution in [1.29, 1.82) is 0 Å². The van der Waals surface area contributed by atoms with E-state index in [9.17, 15) is 4.79 Å². The molecule has 37 heavy (non-hydrogen) atoms. The van der Waals surface area contributed by atoms with Gasteiger partial charge in [0.15, 0.2) is 0 Å². The van der Waals surface area contributed by atoms with Gasteiger partial charge in [-0.1, -0.05) is 80.4 Å². The Kier molecular flexibility index (Phi) is 9.52. The Morgan fingerprint density at radius 3 is 2.73 bits per heavy atom. The van der Waals surface area contributed by atoms with Crippen LogP contribution in [0.1, 0.15) is 63.6 Å². The molecule has 0 radical (unpaired) electrons. The van der Waals surface area contributed by atoms with E-state index in [-0.39, 0.29) is 5.97 Å². The molecule has 1 atom stereocenters. The molecule has 1 aliphatic rings. The number of thioether (sulfide) groups is 1. The molecule has 3 aromatic rings. The number of esters is 1. The summed E-state index contributed by atoms with van der Waals surface area (Å²) < 4.78 is 13.5. The lowest BCUT2D eigenvalue weighted by atomic mass is 9.95. The highest BCUT2D eigenvalue weighted by Crippen LogP contribution is 2.38. The molecule has 1 N–H and O–H groups in total. The first-order chi connectivity index (χ1) is 18.0. The molecule has 0 aliphatic carbocycles. The Morgan fingerprint density at radius 1 is 1.14 bits per heavy atom. The second-order valence-electron chi connectivity index (χ2n) is 8.87. The van der Waals surface area contributed by atoms with Crippen molar-refractivity contribution in [3.05, 3.63) is 76.0 Å². The highest BCUT2D eigenvalue weighted by molar-refractivity contribution is 7.99. The van der Waals surface area contributed by atoms with E-state index in [2.05, 4.69) is 19.2 Å². The number of aromatic nitrogens is 3. The van der Waals surface area contributed by atoms with Gasteiger partial charge in [0.05, 0.1) is 12.2 Å². The lowest BCUT2D eigenvalue weighted by Gasteiger charge is -2.28. The number of carbonyl (C=O) groups is 1. The first-order valence-corrected chi connectivity index (χ1v) is 14.1. The number of ether oxygens (including phenoxy) is 2. The number of carbonyl (C=O) groups excluding carboxylic acids is 1. The molecule has 196 valence electrons. The van der Waals surface area contributed by atoms with E-state index in [1.165, 1.54) is 0 Å². The van der Waals surface area contributed by atoms with Crippen LogP contribution in [-0.2, 0) is 16.1 Å². The van der Waals surface area contributed by atoms with Gasteiger partial charge in [0.2, 0.25) is 11.1 Å². The zero-order chi connectivity index (χ0) is 26.2. The van der Waals surface area contributed by atoms with Gasteiger partial charge < -0.3 is 14.8 Å². The minimum absolute atomic E-state index is 0.336. The second kappa shape index (κ2) is 13.0. The fourth-order valence-electron chi connectivity index (χ4n) is 4.01. The van der Waals surface area contributed by atoms with Crippen molar-refractivity contribution in [2.75, 3.05) is 17.7 Å². The van der Waals surface area contributed by atoms with Gasteiger partial charge in [0.25, 0.3) is 0 Å². The molecule has 0 saturated heterocycles. The van der Waals surface area contributed by atoms with Crippen LogP contribution in [0.2, 0.25) is 5.02 Å². The summed E-state index contributed by atoms with van der Waals surface area (Å²) in [5.74, 6) is 1.86. The van der Waals surface area contributed by atoms with Crippen LogP contribution in [0, 0.1) is 0 Å². The van der Waals surface area contributed by atoms with Crippen LogP contribution in [0.3, 0.4) is 0 Å². The number of benzene rings is 2. The van der Waals surface area contributed by atoms with E-state index >= 15 is 0 Å². The predicted octanol–water partition coefficient (Wildman–Crippen LogP) is 7.03. The normalized spacial score (nSPS) is 14.8. The molecule has 2 heterocycles. The number of anilines is 1. The maximum atomic E-state index is 13.3. The highest BCUT2D eigenvalue weighted by atomic mass is 35.5. The third kappa shape index (κ3) is 6.67. The van der Waals surface area contributed by atoms with Crippen LogP contribution in [-0.4, -0.2) is 33.1 Å². The van der Waals surface area contributed by atoms with Gasteiger partial charge in [-0.3, -0.25) is 0 Å². The van der Waals surface area contributed by atoms with Gasteiger partial charge in [-0.15, -0.1) is 5.10 Å². The number of nitrogens with one attached hydrogen (secondary N) is 1. The maximum Gasteiger partial charge on any atom is 0.338 e. The quantitative estimate of drug-likeness (QED) is 0.150. The van der Waals surface area contributed by atoms with Crippen molar-refractivity contribution >= 4 is 35.3 Å². The fourth-order valence-corrected chi connectivity index (χ4v) is 5.11. The van der Waals surface area contributed by atoms with Crippen LogP contribution in [0.25, 0.3) is 0 Å². The third-order valence-corrected chi connectivity index (χ3v) is 7.33. The van der Waals surface area contributed by atoms with E-state index in [1.54, 1.807) is 16.4 Å². The van der Waals surface area contributed by atoms with Crippen molar-refractivity contribution in [3.8, 4) is 5.75 Å². The van der Waals surface area contributed by atoms with E-state index in [4.69, 9.17) is 31.2 Å². The molecular formula is C28H33ClN4O3S. The van der Waals surface area contributed by atoms with Gasteiger partial charge in [0.1, 0.15) is 18.4 Å². The molecule has 0 amide bonds. The second-order valence-corrected chi connectivity index (χ2v) is 10.3. The largest absolute Gasteiger partial charge is 0.489 e. The number of fused-ring (bicyclic) bond motifs is 1. The average Bonchev–Trinajstić information content (AvgIpc) is 3.30. The summed E-state index contributed by atoms with van der Waals surface area (Å²) in [5, 5.41) is 9.39. The van der Waals surface area contributed by atoms with Gasteiger partial charge in [-0.2, -0.15) is 4.98 Å². The molecule has 1 unspecified atom stereocenters. The molecule has 1 aliphatic heterocycles. The molecule has 0 saturated carbocycles. The lowest BCUT2D eigenvalue weighted by molar-refractivity contribution is -0.139. The fraction of sp³-hybridized carbons (Fsp3) is 0.393. The summed E-state index contributed by atoms with van der Waals surface area (Å²) in [4.78, 5) is 18.0. The number of halogens is 1. The molecule has 2 aromatic carbocycles. The van der Waals surface area contributed by atoms with Crippen LogP contribution in [0.5, 0.6) is 5.75 Å². The molecule has 1 aromatic heterocycles. The average molecular weight is 541 g/mol. The summed E-state index contributed by atoms with van der Waals surface area (Å²) in [6.45, 7) is 6.82. The number of hydrogen-bond donors (Lipinski definition) is 1. The highest BCUT2D eigenvalue weighted by Gasteiger charge is 2.35. The lowest BCUT2D eigenvalue weighted by Crippen LogP contribution is -2.29. The molecule has 0 fully saturated rings. The van der Waals surface area contributed by atoms with Crippen LogP contribution in [0.15, 0.2) is 65.0 Å². The Labute approximate surface area is 227 Å². The summed E-state index contributed by atoms with van der Waals surface area (Å²) in [5.41, 5.74) is 2.98. The number of nitrogens with zero attached hydrogens (tertiary/aromatic N) is 3. The van der Waals surface area contributed by atoms with Crippen molar-refractivity contribution in [1.82, 2.24) is 14.8 Å². The maximum absolute atomic E-state index is 13.3. The van der Waals surface area contributed by atoms with Gasteiger partial charge in [-0.25, -0.2) is 9.48 Å². The number of unbranched alkanes of at least 4 members (excludes halogenated alkanes) is 2. The van der Waals surface area contributed by atoms with Crippen molar-refractivity contribution in [3.63, 3.8) is 0 Å². The van der Waals surface area contributed by atoms with Crippen LogP contribution >= 0.6 is 23.4 Å². The van der Waals surface area contributed by atoms with Crippen molar-refractivity contribution in [2.45, 2.75) is 64.3 Å². The first kappa shape index (κ1) is 27.1. The molecule has 0 spiro atoms. The Hall–Kier alpha value is -2.97. The minimum atomic E-state index is -0.498. The van der Waals surface area contributed by atoms with Gasteiger partial charge in [-0.05, 0) is 43.5 Å². The van der Waals surface area contributed by atoms with E-state index in [0.29, 0.717) is 46.4 Å². The SMILES string of the molecule is CCCCOC(=O)C1=C(C)Nc2nc(SCCCC)nn2C1c1cccc(OCc2ccccc2Cl)c1. The van der Waals surface area contributed by atoms with Gasteiger partial charge in [0, 0.05) is 22.0 Å². The monoisotopic (exact) mass is 540 g/mol. The Bertz CT molecular complexity index is 1260. The third-order valence-electron chi connectivity index (χ3n) is 6.04. The first-order valence-electron chi connectivity index (χ1n) is 12.7. The summed E-state index contributed by atoms with van der Waals surface area (Å²) in [6.07, 6.45) is 3.96. The molecule has 0 bridgehead atoms. The topological polar surface area (TPSA) is 78.3 Å². The zero-order valence-electron chi connectivity index (χ0n) is 21.5. The number of rotatable bonds is 12. The van der Waals surface area contributed by atoms with E-state index in [1.807, 2.05) is 55.5 Å². The Morgan fingerprint density at radius 2 is 1.95 bits per heavy atom. The molecule has 4 rings (SSSR count). The molecular weight excluding hydrogens is 508 g/mol. The summed E-state index contributed by atoms with van der Waals surface area (Å²) in [6, 6.07) is 14.8. The smallest absolute Gasteiger partial charge is 0.338 e. The van der Waals surface area contributed by atoms with Gasteiger partial charge >= 0.3 is 5.97 Å². The number of hydrogen-bond acceptors (Lipinski definition) is 7. The standard InChI is InChI=1S/C28H33ClN4O3S/c1-4-6-15-35-26(34)24-19(3)30-27-31-28(37-16-7-5-2)32-33(27)25(24)20-12-10-13-22(17-20)36-18-21-11-8-9-14-23(21)29/h8-14,17,25H,4-7,15-16,18H2,1-3H3,(H,30,31,32). The molecule has 7 nitrogen and oxygen atoms in total. The zero-order valence-corrected chi connectivity index (χ0v) is 23.1. The molecule has 9 heteroatoms. The Balaban J connectivity index is 1.66. The summed E-state index contributed by atoms with van der Waals surface area (Å²) >= 11 is 7.92. The van der Waals surface area contributed by atoms with Crippen molar-refractivity contribution in [2.24, 2.45) is 0 Å².